The quantitative estimate of drug-likeness (QED) is 0.600. The lowest BCUT2D eigenvalue weighted by Crippen LogP contribution is -2.56. The third kappa shape index (κ3) is 4.09. The van der Waals surface area contributed by atoms with Crippen LogP contribution in [0.1, 0.15) is 36.8 Å². The molecule has 0 saturated carbocycles. The molecule has 3 aromatic heterocycles. The number of halogens is 3. The summed E-state index contributed by atoms with van der Waals surface area (Å²) < 4.78 is 40.8. The van der Waals surface area contributed by atoms with Crippen molar-refractivity contribution in [2.45, 2.75) is 52.0 Å². The van der Waals surface area contributed by atoms with Gasteiger partial charge in [-0.25, -0.2) is 4.98 Å². The first kappa shape index (κ1) is 21.9. The predicted octanol–water partition coefficient (Wildman–Crippen LogP) is 2.92. The van der Waals surface area contributed by atoms with Crippen molar-refractivity contribution in [2.24, 2.45) is 0 Å². The van der Waals surface area contributed by atoms with Crippen molar-refractivity contribution in [3.63, 3.8) is 0 Å². The van der Waals surface area contributed by atoms with Crippen LogP contribution in [0, 0.1) is 0 Å². The lowest BCUT2D eigenvalue weighted by Gasteiger charge is -2.39. The number of rotatable bonds is 5. The molecule has 0 spiro atoms. The summed E-state index contributed by atoms with van der Waals surface area (Å²) in [6.07, 6.45) is -2.62. The Bertz CT molecular complexity index is 1200. The number of aromatic nitrogens is 5. The van der Waals surface area contributed by atoms with Gasteiger partial charge in [0.05, 0.1) is 18.0 Å². The topological polar surface area (TPSA) is 92.1 Å². The Morgan fingerprint density at radius 3 is 2.73 bits per heavy atom. The molecule has 0 radical (unpaired) electrons. The zero-order valence-corrected chi connectivity index (χ0v) is 19.0. The number of nitrogens with zero attached hydrogens (tertiary/aromatic N) is 7. The summed E-state index contributed by atoms with van der Waals surface area (Å²) in [4.78, 5) is 26.6. The molecule has 0 unspecified atom stereocenters. The van der Waals surface area contributed by atoms with E-state index in [1.54, 1.807) is 16.2 Å². The Morgan fingerprint density at radius 2 is 2.03 bits per heavy atom. The number of nitrogens with one attached hydrogen (secondary N) is 1. The van der Waals surface area contributed by atoms with Crippen molar-refractivity contribution in [3.8, 4) is 0 Å². The number of fused-ring (bicyclic) bond motifs is 2. The molecule has 2 aliphatic heterocycles. The van der Waals surface area contributed by atoms with Crippen molar-refractivity contribution in [2.75, 3.05) is 29.9 Å². The number of hydrogen-bond donors (Lipinski definition) is 1. The molecule has 5 heterocycles. The molecule has 1 N–H and O–H groups in total. The van der Waals surface area contributed by atoms with E-state index in [2.05, 4.69) is 28.5 Å². The van der Waals surface area contributed by atoms with Crippen LogP contribution in [0.2, 0.25) is 0 Å². The molecule has 0 atom stereocenters. The minimum Gasteiger partial charge on any atom is -0.348 e. The number of carbonyl (C=O) groups excluding carboxylic acids is 1. The van der Waals surface area contributed by atoms with Crippen molar-refractivity contribution in [1.29, 1.82) is 0 Å². The molecule has 3 aromatic rings. The van der Waals surface area contributed by atoms with E-state index in [9.17, 15) is 18.0 Å². The fourth-order valence-corrected chi connectivity index (χ4v) is 5.31. The molecule has 176 valence electrons. The third-order valence-electron chi connectivity index (χ3n) is 5.89. The van der Waals surface area contributed by atoms with E-state index in [1.165, 1.54) is 11.8 Å². The average molecular weight is 481 g/mol. The number of aryl methyl sites for hydroxylation is 1. The Morgan fingerprint density at radius 1 is 1.24 bits per heavy atom. The maximum atomic E-state index is 13.2. The van der Waals surface area contributed by atoms with Crippen LogP contribution < -0.4 is 10.2 Å². The first-order valence-corrected chi connectivity index (χ1v) is 11.6. The summed E-state index contributed by atoms with van der Waals surface area (Å²) in [7, 11) is 0. The number of anilines is 2. The van der Waals surface area contributed by atoms with Gasteiger partial charge in [-0.15, -0.1) is 21.5 Å². The summed E-state index contributed by atoms with van der Waals surface area (Å²) in [5, 5.41) is 11.3. The zero-order chi connectivity index (χ0) is 23.3. The zero-order valence-electron chi connectivity index (χ0n) is 18.2. The maximum absolute atomic E-state index is 13.2. The van der Waals surface area contributed by atoms with Gasteiger partial charge in [0, 0.05) is 38.0 Å². The van der Waals surface area contributed by atoms with E-state index in [4.69, 9.17) is 9.97 Å². The lowest BCUT2D eigenvalue weighted by atomic mass is 10.1. The number of thiophene rings is 1. The highest BCUT2D eigenvalue weighted by Gasteiger charge is 2.40. The van der Waals surface area contributed by atoms with Crippen LogP contribution in [-0.4, -0.2) is 61.2 Å². The average Bonchev–Trinajstić information content (AvgIpc) is 3.32. The SMILES string of the molecule is CCCc1cc2c(N3CCn4c(nnc4C(F)(F)F)C3)nc(NC3CN(C(C)=O)C3)nc2s1. The molecule has 2 aliphatic rings. The van der Waals surface area contributed by atoms with E-state index in [0.29, 0.717) is 31.4 Å². The number of amides is 1. The summed E-state index contributed by atoms with van der Waals surface area (Å²) >= 11 is 1.60. The van der Waals surface area contributed by atoms with Gasteiger partial charge in [0.2, 0.25) is 17.7 Å². The van der Waals surface area contributed by atoms with Crippen LogP contribution in [0.5, 0.6) is 0 Å². The van der Waals surface area contributed by atoms with Gasteiger partial charge >= 0.3 is 6.18 Å². The third-order valence-corrected chi connectivity index (χ3v) is 6.98. The highest BCUT2D eigenvalue weighted by molar-refractivity contribution is 7.18. The number of alkyl halides is 3. The molecule has 9 nitrogen and oxygen atoms in total. The minimum atomic E-state index is -4.54. The number of hydrogen-bond acceptors (Lipinski definition) is 8. The highest BCUT2D eigenvalue weighted by Crippen LogP contribution is 2.35. The first-order chi connectivity index (χ1) is 15.7. The summed E-state index contributed by atoms with van der Waals surface area (Å²) in [5.74, 6) is 0.455. The lowest BCUT2D eigenvalue weighted by molar-refractivity contribution is -0.147. The fourth-order valence-electron chi connectivity index (χ4n) is 4.19. The first-order valence-electron chi connectivity index (χ1n) is 10.8. The normalized spacial score (nSPS) is 16.8. The van der Waals surface area contributed by atoms with Crippen molar-refractivity contribution >= 4 is 39.2 Å². The summed E-state index contributed by atoms with van der Waals surface area (Å²) in [6, 6.07) is 2.14. The Balaban J connectivity index is 1.46. The van der Waals surface area contributed by atoms with E-state index in [1.807, 2.05) is 4.90 Å². The number of carbonyl (C=O) groups is 1. The molecule has 13 heteroatoms. The van der Waals surface area contributed by atoms with Gasteiger partial charge in [0.25, 0.3) is 0 Å². The van der Waals surface area contributed by atoms with Gasteiger partial charge in [-0.05, 0) is 12.5 Å². The van der Waals surface area contributed by atoms with Gasteiger partial charge in [0.15, 0.2) is 5.82 Å². The van der Waals surface area contributed by atoms with E-state index < -0.39 is 12.0 Å². The van der Waals surface area contributed by atoms with Crippen molar-refractivity contribution in [1.82, 2.24) is 29.6 Å². The highest BCUT2D eigenvalue weighted by atomic mass is 32.1. The minimum absolute atomic E-state index is 0.0308. The Hall–Kier alpha value is -2.96. The van der Waals surface area contributed by atoms with Gasteiger partial charge in [-0.3, -0.25) is 4.79 Å². The Kier molecular flexibility index (Phi) is 5.38. The van der Waals surface area contributed by atoms with Crippen LogP contribution in [0.25, 0.3) is 10.2 Å². The van der Waals surface area contributed by atoms with Crippen molar-refractivity contribution < 1.29 is 18.0 Å². The van der Waals surface area contributed by atoms with Gasteiger partial charge < -0.3 is 19.7 Å². The smallest absolute Gasteiger partial charge is 0.348 e. The largest absolute Gasteiger partial charge is 0.451 e. The Labute approximate surface area is 191 Å². The monoisotopic (exact) mass is 480 g/mol. The molecular formula is C20H23F3N8OS. The van der Waals surface area contributed by atoms with Crippen molar-refractivity contribution in [3.05, 3.63) is 22.6 Å². The van der Waals surface area contributed by atoms with Gasteiger partial charge in [-0.1, -0.05) is 13.3 Å². The number of likely N-dealkylation sites (tertiary alicyclic amines) is 1. The predicted molar refractivity (Wildman–Crippen MR) is 117 cm³/mol. The molecule has 0 aliphatic carbocycles. The summed E-state index contributed by atoms with van der Waals surface area (Å²) in [5.41, 5.74) is 0. The van der Waals surface area contributed by atoms with Gasteiger partial charge in [-0.2, -0.15) is 18.2 Å². The van der Waals surface area contributed by atoms with Gasteiger partial charge in [0.1, 0.15) is 10.6 Å². The molecule has 1 amide bonds. The van der Waals surface area contributed by atoms with Crippen LogP contribution in [-0.2, 0) is 30.5 Å². The standard InChI is InChI=1S/C20H23F3N8OS/c1-3-4-13-7-14-16(29-5-6-31-15(10-29)27-28-18(31)20(21,22)23)25-19(26-17(14)33-13)24-12-8-30(9-12)11(2)32/h7,12H,3-6,8-10H2,1-2H3,(H,24,25,26). The maximum Gasteiger partial charge on any atom is 0.451 e. The fraction of sp³-hybridized carbons (Fsp3) is 0.550. The van der Waals surface area contributed by atoms with E-state index in [0.717, 1.165) is 27.6 Å². The molecular weight excluding hydrogens is 457 g/mol. The molecule has 1 fully saturated rings. The van der Waals surface area contributed by atoms with Crippen LogP contribution in [0.4, 0.5) is 24.9 Å². The molecule has 1 saturated heterocycles. The van der Waals surface area contributed by atoms with Crippen LogP contribution >= 0.6 is 11.3 Å². The van der Waals surface area contributed by atoms with Crippen LogP contribution in [0.3, 0.4) is 0 Å². The van der Waals surface area contributed by atoms with E-state index >= 15 is 0 Å². The summed E-state index contributed by atoms with van der Waals surface area (Å²) in [6.45, 7) is 5.46. The molecule has 33 heavy (non-hydrogen) atoms. The second-order valence-corrected chi connectivity index (χ2v) is 9.44. The molecule has 5 rings (SSSR count). The molecule has 0 aromatic carbocycles. The second-order valence-electron chi connectivity index (χ2n) is 8.33. The molecule has 0 bridgehead atoms. The van der Waals surface area contributed by atoms with Crippen LogP contribution in [0.15, 0.2) is 6.07 Å². The van der Waals surface area contributed by atoms with E-state index in [-0.39, 0.29) is 30.9 Å². The second kappa shape index (κ2) is 8.12.